The lowest BCUT2D eigenvalue weighted by molar-refractivity contribution is -0.697. The molecule has 0 aliphatic carbocycles. The third-order valence-electron chi connectivity index (χ3n) is 3.66. The predicted molar refractivity (Wildman–Crippen MR) is 93.4 cm³/mol. The fourth-order valence-corrected chi connectivity index (χ4v) is 2.28. The molecule has 2 aromatic rings. The van der Waals surface area contributed by atoms with E-state index in [-0.39, 0.29) is 0 Å². The van der Waals surface area contributed by atoms with Gasteiger partial charge in [-0.05, 0) is 11.1 Å². The predicted octanol–water partition coefficient (Wildman–Crippen LogP) is 4.56. The SMILES string of the molecule is CC.CCCC[n+]1ccc(-c2cc[n+](CCCC)cc2)cc1. The summed E-state index contributed by atoms with van der Waals surface area (Å²) in [4.78, 5) is 0. The van der Waals surface area contributed by atoms with Gasteiger partial charge < -0.3 is 0 Å². The zero-order chi connectivity index (χ0) is 16.2. The van der Waals surface area contributed by atoms with Crippen LogP contribution in [0, 0.1) is 0 Å². The van der Waals surface area contributed by atoms with Gasteiger partial charge in [-0.3, -0.25) is 0 Å². The molecule has 0 aliphatic rings. The first kappa shape index (κ1) is 18.3. The van der Waals surface area contributed by atoms with Gasteiger partial charge in [0.2, 0.25) is 0 Å². The molecule has 2 heteroatoms. The molecule has 2 rings (SSSR count). The van der Waals surface area contributed by atoms with Gasteiger partial charge >= 0.3 is 0 Å². The van der Waals surface area contributed by atoms with Crippen LogP contribution in [-0.2, 0) is 13.1 Å². The molecule has 0 unspecified atom stereocenters. The maximum absolute atomic E-state index is 2.26. The number of aromatic nitrogens is 2. The Balaban J connectivity index is 0.00000116. The van der Waals surface area contributed by atoms with Gasteiger partial charge in [0.25, 0.3) is 0 Å². The summed E-state index contributed by atoms with van der Waals surface area (Å²) in [6.45, 7) is 10.7. The lowest BCUT2D eigenvalue weighted by atomic mass is 10.1. The molecule has 0 bridgehead atoms. The second-order valence-electron chi connectivity index (χ2n) is 5.36. The zero-order valence-electron chi connectivity index (χ0n) is 14.8. The molecule has 120 valence electrons. The van der Waals surface area contributed by atoms with Crippen LogP contribution in [0.5, 0.6) is 0 Å². The number of hydrogen-bond acceptors (Lipinski definition) is 0. The van der Waals surface area contributed by atoms with Crippen molar-refractivity contribution in [2.75, 3.05) is 0 Å². The largest absolute Gasteiger partial charge is 0.205 e. The average molecular weight is 300 g/mol. The summed E-state index contributed by atoms with van der Waals surface area (Å²) in [5.41, 5.74) is 2.58. The van der Waals surface area contributed by atoms with Crippen LogP contribution < -0.4 is 9.13 Å². The molecule has 0 saturated heterocycles. The van der Waals surface area contributed by atoms with Crippen molar-refractivity contribution >= 4 is 0 Å². The van der Waals surface area contributed by atoms with Gasteiger partial charge in [-0.2, -0.15) is 0 Å². The van der Waals surface area contributed by atoms with Gasteiger partial charge in [0, 0.05) is 37.1 Å². The number of hydrogen-bond donors (Lipinski definition) is 0. The molecule has 22 heavy (non-hydrogen) atoms. The highest BCUT2D eigenvalue weighted by atomic mass is 14.9. The topological polar surface area (TPSA) is 7.76 Å². The zero-order valence-corrected chi connectivity index (χ0v) is 14.8. The lowest BCUT2D eigenvalue weighted by Crippen LogP contribution is -2.32. The molecular weight excluding hydrogens is 268 g/mol. The molecule has 2 nitrogen and oxygen atoms in total. The summed E-state index contributed by atoms with van der Waals surface area (Å²) < 4.78 is 4.52. The van der Waals surface area contributed by atoms with Crippen molar-refractivity contribution in [3.05, 3.63) is 49.1 Å². The van der Waals surface area contributed by atoms with Crippen LogP contribution in [0.2, 0.25) is 0 Å². The average Bonchev–Trinajstić information content (AvgIpc) is 2.61. The Kier molecular flexibility index (Phi) is 9.13. The van der Waals surface area contributed by atoms with E-state index < -0.39 is 0 Å². The Bertz CT molecular complexity index is 451. The van der Waals surface area contributed by atoms with Gasteiger partial charge in [-0.25, -0.2) is 9.13 Å². The molecule has 0 amide bonds. The third kappa shape index (κ3) is 5.97. The van der Waals surface area contributed by atoms with Crippen LogP contribution in [0.3, 0.4) is 0 Å². The van der Waals surface area contributed by atoms with E-state index in [1.54, 1.807) is 0 Å². The molecule has 0 spiro atoms. The third-order valence-corrected chi connectivity index (χ3v) is 3.66. The van der Waals surface area contributed by atoms with Crippen LogP contribution in [-0.4, -0.2) is 0 Å². The molecule has 2 heterocycles. The molecular formula is C20H32N2+2. The van der Waals surface area contributed by atoms with Gasteiger partial charge in [-0.15, -0.1) is 0 Å². The lowest BCUT2D eigenvalue weighted by Gasteiger charge is -2.01. The highest BCUT2D eigenvalue weighted by molar-refractivity contribution is 5.60. The first-order chi connectivity index (χ1) is 10.8. The Hall–Kier alpha value is -1.70. The second kappa shape index (κ2) is 10.9. The van der Waals surface area contributed by atoms with Crippen LogP contribution in [0.1, 0.15) is 53.4 Å². The normalized spacial score (nSPS) is 10.0. The van der Waals surface area contributed by atoms with Crippen molar-refractivity contribution in [3.63, 3.8) is 0 Å². The van der Waals surface area contributed by atoms with E-state index in [4.69, 9.17) is 0 Å². The Morgan fingerprint density at radius 2 is 0.955 bits per heavy atom. The summed E-state index contributed by atoms with van der Waals surface area (Å²) >= 11 is 0. The van der Waals surface area contributed by atoms with E-state index in [1.165, 1.54) is 36.8 Å². The minimum absolute atomic E-state index is 1.11. The molecule has 0 aromatic carbocycles. The summed E-state index contributed by atoms with van der Waals surface area (Å²) in [5, 5.41) is 0. The second-order valence-corrected chi connectivity index (χ2v) is 5.36. The van der Waals surface area contributed by atoms with E-state index in [2.05, 4.69) is 72.0 Å². The Labute approximate surface area is 136 Å². The fourth-order valence-electron chi connectivity index (χ4n) is 2.28. The first-order valence-electron chi connectivity index (χ1n) is 8.82. The van der Waals surface area contributed by atoms with Gasteiger partial charge in [0.1, 0.15) is 13.1 Å². The van der Waals surface area contributed by atoms with Crippen molar-refractivity contribution < 1.29 is 9.13 Å². The van der Waals surface area contributed by atoms with Gasteiger partial charge in [0.15, 0.2) is 24.8 Å². The van der Waals surface area contributed by atoms with E-state index in [0.29, 0.717) is 0 Å². The maximum atomic E-state index is 2.26. The van der Waals surface area contributed by atoms with Crippen LogP contribution in [0.15, 0.2) is 49.1 Å². The first-order valence-corrected chi connectivity index (χ1v) is 8.82. The molecule has 0 fully saturated rings. The number of unbranched alkanes of at least 4 members (excludes halogenated alkanes) is 2. The number of nitrogens with zero attached hydrogens (tertiary/aromatic N) is 2. The number of aryl methyl sites for hydroxylation is 2. The molecule has 2 aromatic heterocycles. The summed E-state index contributed by atoms with van der Waals surface area (Å²) in [6.07, 6.45) is 13.7. The molecule has 0 N–H and O–H groups in total. The van der Waals surface area contributed by atoms with Crippen LogP contribution in [0.25, 0.3) is 11.1 Å². The van der Waals surface area contributed by atoms with Crippen LogP contribution >= 0.6 is 0 Å². The standard InChI is InChI=1S/C18H26N2.C2H6/c1-3-5-11-19-13-7-17(8-14-19)18-9-15-20(16-10-18)12-6-4-2;1-2/h7-10,13-16H,3-6,11-12H2,1-2H3;1-2H3/q+2;. The molecule has 0 radical (unpaired) electrons. The Morgan fingerprint density at radius 1 is 0.636 bits per heavy atom. The minimum Gasteiger partial charge on any atom is -0.205 e. The summed E-state index contributed by atoms with van der Waals surface area (Å²) in [5.74, 6) is 0. The Morgan fingerprint density at radius 3 is 1.23 bits per heavy atom. The highest BCUT2D eigenvalue weighted by Crippen LogP contribution is 2.15. The van der Waals surface area contributed by atoms with Crippen molar-refractivity contribution in [1.29, 1.82) is 0 Å². The monoisotopic (exact) mass is 300 g/mol. The van der Waals surface area contributed by atoms with Gasteiger partial charge in [0.05, 0.1) is 0 Å². The maximum Gasteiger partial charge on any atom is 0.169 e. The highest BCUT2D eigenvalue weighted by Gasteiger charge is 2.05. The molecule has 0 saturated carbocycles. The van der Waals surface area contributed by atoms with E-state index in [9.17, 15) is 0 Å². The van der Waals surface area contributed by atoms with E-state index in [1.807, 2.05) is 13.8 Å². The van der Waals surface area contributed by atoms with Crippen molar-refractivity contribution in [2.24, 2.45) is 0 Å². The van der Waals surface area contributed by atoms with Crippen LogP contribution in [0.4, 0.5) is 0 Å². The van der Waals surface area contributed by atoms with E-state index in [0.717, 1.165) is 13.1 Å². The number of pyridine rings is 2. The number of rotatable bonds is 7. The van der Waals surface area contributed by atoms with E-state index >= 15 is 0 Å². The summed E-state index contributed by atoms with van der Waals surface area (Å²) in [6, 6.07) is 8.84. The van der Waals surface area contributed by atoms with Gasteiger partial charge in [-0.1, -0.05) is 40.5 Å². The molecule has 0 aliphatic heterocycles. The fraction of sp³-hybridized carbons (Fsp3) is 0.500. The summed E-state index contributed by atoms with van der Waals surface area (Å²) in [7, 11) is 0. The molecule has 0 atom stereocenters. The van der Waals surface area contributed by atoms with Crippen molar-refractivity contribution in [2.45, 2.75) is 66.5 Å². The quantitative estimate of drug-likeness (QED) is 0.663. The van der Waals surface area contributed by atoms with Crippen molar-refractivity contribution in [1.82, 2.24) is 0 Å². The smallest absolute Gasteiger partial charge is 0.169 e. The minimum atomic E-state index is 1.11. The van der Waals surface area contributed by atoms with Crippen molar-refractivity contribution in [3.8, 4) is 11.1 Å².